The normalized spacial score (nSPS) is 11.2. The van der Waals surface area contributed by atoms with Gasteiger partial charge in [0.1, 0.15) is 0 Å². The molecule has 0 nitrogen and oxygen atoms in total. The van der Waals surface area contributed by atoms with E-state index in [-0.39, 0.29) is 0 Å². The Morgan fingerprint density at radius 3 is 1.06 bits per heavy atom. The van der Waals surface area contributed by atoms with Crippen LogP contribution in [0.5, 0.6) is 0 Å². The molecule has 174 valence electrons. The Bertz CT molecular complexity index is 1490. The van der Waals surface area contributed by atoms with Crippen molar-refractivity contribution in [2.24, 2.45) is 0 Å². The van der Waals surface area contributed by atoms with Gasteiger partial charge in [0, 0.05) is 0 Å². The molecule has 0 aliphatic carbocycles. The SMILES string of the molecule is c1ccc([Se]c2cccc3cccc([Se][Se]c4cccc5cccc([Se]c6ccccc6)c45)c23)cc1. The molecule has 0 saturated carbocycles. The molecule has 0 N–H and O–H groups in total. The van der Waals surface area contributed by atoms with E-state index >= 15 is 0 Å². The molecule has 0 heterocycles. The Labute approximate surface area is 236 Å². The Balaban J connectivity index is 1.36. The van der Waals surface area contributed by atoms with Gasteiger partial charge in [-0.25, -0.2) is 0 Å². The summed E-state index contributed by atoms with van der Waals surface area (Å²) in [4.78, 5) is 0. The van der Waals surface area contributed by atoms with Crippen LogP contribution < -0.4 is 26.8 Å². The predicted molar refractivity (Wildman–Crippen MR) is 162 cm³/mol. The quantitative estimate of drug-likeness (QED) is 0.223. The third kappa shape index (κ3) is 5.44. The molecular weight excluding hydrogens is 700 g/mol. The van der Waals surface area contributed by atoms with E-state index in [0.29, 0.717) is 56.2 Å². The van der Waals surface area contributed by atoms with Crippen LogP contribution in [-0.2, 0) is 0 Å². The van der Waals surface area contributed by atoms with Crippen LogP contribution in [0.1, 0.15) is 0 Å². The van der Waals surface area contributed by atoms with Crippen LogP contribution in [0.15, 0.2) is 133 Å². The van der Waals surface area contributed by atoms with Crippen LogP contribution in [0.2, 0.25) is 0 Å². The van der Waals surface area contributed by atoms with Crippen molar-refractivity contribution in [3.05, 3.63) is 133 Å². The molecule has 0 bridgehead atoms. The van der Waals surface area contributed by atoms with E-state index in [1.807, 2.05) is 0 Å². The van der Waals surface area contributed by atoms with Gasteiger partial charge in [-0.3, -0.25) is 0 Å². The molecule has 0 unspecified atom stereocenters. The molecule has 6 aromatic carbocycles. The van der Waals surface area contributed by atoms with Gasteiger partial charge < -0.3 is 0 Å². The van der Waals surface area contributed by atoms with E-state index in [0.717, 1.165) is 0 Å². The van der Waals surface area contributed by atoms with Crippen LogP contribution >= 0.6 is 0 Å². The Morgan fingerprint density at radius 1 is 0.306 bits per heavy atom. The maximum atomic E-state index is 2.38. The van der Waals surface area contributed by atoms with Gasteiger partial charge in [0.25, 0.3) is 0 Å². The second kappa shape index (κ2) is 11.5. The first-order valence-corrected chi connectivity index (χ1v) is 21.2. The van der Waals surface area contributed by atoms with Gasteiger partial charge in [0.2, 0.25) is 0 Å². The number of rotatable bonds is 7. The molecule has 0 fully saturated rings. The van der Waals surface area contributed by atoms with Gasteiger partial charge in [-0.15, -0.1) is 0 Å². The summed E-state index contributed by atoms with van der Waals surface area (Å²) in [6.45, 7) is 0. The van der Waals surface area contributed by atoms with Crippen molar-refractivity contribution in [1.29, 1.82) is 0 Å². The third-order valence-electron chi connectivity index (χ3n) is 5.82. The van der Waals surface area contributed by atoms with Gasteiger partial charge in [-0.1, -0.05) is 0 Å². The van der Waals surface area contributed by atoms with Crippen molar-refractivity contribution in [3.63, 3.8) is 0 Å². The van der Waals surface area contributed by atoms with Crippen molar-refractivity contribution in [2.45, 2.75) is 0 Å². The van der Waals surface area contributed by atoms with Crippen LogP contribution in [0.4, 0.5) is 0 Å². The predicted octanol–water partition coefficient (Wildman–Crippen LogP) is 2.58. The minimum absolute atomic E-state index is 0.310. The fourth-order valence-electron chi connectivity index (χ4n) is 4.18. The number of fused-ring (bicyclic) bond motifs is 2. The van der Waals surface area contributed by atoms with Crippen molar-refractivity contribution in [1.82, 2.24) is 0 Å². The fourth-order valence-corrected chi connectivity index (χ4v) is 16.4. The molecule has 0 atom stereocenters. The zero-order valence-corrected chi connectivity index (χ0v) is 26.2. The monoisotopic (exact) mass is 726 g/mol. The Hall–Kier alpha value is -2.08. The van der Waals surface area contributed by atoms with Crippen molar-refractivity contribution in [2.75, 3.05) is 0 Å². The summed E-state index contributed by atoms with van der Waals surface area (Å²) >= 11 is 1.45. The van der Waals surface area contributed by atoms with E-state index in [1.54, 1.807) is 8.92 Å². The van der Waals surface area contributed by atoms with Gasteiger partial charge in [-0.2, -0.15) is 0 Å². The first kappa shape index (κ1) is 24.3. The van der Waals surface area contributed by atoms with E-state index in [1.165, 1.54) is 39.4 Å². The van der Waals surface area contributed by atoms with Gasteiger partial charge in [0.15, 0.2) is 0 Å². The molecule has 0 radical (unpaired) electrons. The second-order valence-electron chi connectivity index (χ2n) is 8.22. The maximum absolute atomic E-state index is 2.38. The molecule has 4 heteroatoms. The van der Waals surface area contributed by atoms with Crippen LogP contribution in [0.3, 0.4) is 0 Å². The topological polar surface area (TPSA) is 0 Å². The molecule has 0 saturated heterocycles. The van der Waals surface area contributed by atoms with Gasteiger partial charge in [-0.05, 0) is 0 Å². The molecular formula is C32H22Se4. The second-order valence-corrected chi connectivity index (χ2v) is 19.1. The molecule has 6 rings (SSSR count). The third-order valence-corrected chi connectivity index (χ3v) is 17.5. The Kier molecular flexibility index (Phi) is 7.78. The average molecular weight is 722 g/mol. The van der Waals surface area contributed by atoms with Gasteiger partial charge >= 0.3 is 238 Å². The Morgan fingerprint density at radius 2 is 0.667 bits per heavy atom. The van der Waals surface area contributed by atoms with Crippen molar-refractivity contribution in [3.8, 4) is 0 Å². The summed E-state index contributed by atoms with van der Waals surface area (Å²) in [5, 5.41) is 5.76. The molecule has 6 aromatic rings. The average Bonchev–Trinajstić information content (AvgIpc) is 2.93. The van der Waals surface area contributed by atoms with E-state index in [4.69, 9.17) is 0 Å². The number of hydrogen-bond acceptors (Lipinski definition) is 0. The minimum atomic E-state index is 0.310. The molecule has 0 aliphatic heterocycles. The molecule has 0 spiro atoms. The molecule has 0 aliphatic rings. The van der Waals surface area contributed by atoms with Gasteiger partial charge in [0.05, 0.1) is 0 Å². The summed E-state index contributed by atoms with van der Waals surface area (Å²) in [5.41, 5.74) is 0. The number of benzene rings is 6. The standard InChI is InChI=1S/C32H22Se4/c1-3-15-25(16-4-1)33-27-19-7-11-23-13-9-21-29(31(23)27)35-36-30-22-10-14-24-12-8-20-28(32(24)30)34-26-17-5-2-6-18-26/h1-22H. The van der Waals surface area contributed by atoms with E-state index < -0.39 is 0 Å². The first-order valence-electron chi connectivity index (χ1n) is 11.7. The zero-order valence-electron chi connectivity index (χ0n) is 19.3. The summed E-state index contributed by atoms with van der Waals surface area (Å²) in [7, 11) is 0. The van der Waals surface area contributed by atoms with Crippen LogP contribution in [0, 0.1) is 0 Å². The van der Waals surface area contributed by atoms with Crippen LogP contribution in [0.25, 0.3) is 21.5 Å². The van der Waals surface area contributed by atoms with Crippen LogP contribution in [-0.4, -0.2) is 56.2 Å². The van der Waals surface area contributed by atoms with Crippen molar-refractivity contribution < 1.29 is 0 Å². The van der Waals surface area contributed by atoms with E-state index in [2.05, 4.69) is 133 Å². The molecule has 0 amide bonds. The molecule has 36 heavy (non-hydrogen) atoms. The number of hydrogen-bond donors (Lipinski definition) is 0. The first-order chi connectivity index (χ1) is 17.8. The summed E-state index contributed by atoms with van der Waals surface area (Å²) in [6.07, 6.45) is 0. The summed E-state index contributed by atoms with van der Waals surface area (Å²) in [6, 6.07) is 49.5. The molecule has 0 aromatic heterocycles. The fraction of sp³-hybridized carbons (Fsp3) is 0. The van der Waals surface area contributed by atoms with E-state index in [9.17, 15) is 0 Å². The summed E-state index contributed by atoms with van der Waals surface area (Å²) in [5.74, 6) is 0. The zero-order chi connectivity index (χ0) is 24.2. The van der Waals surface area contributed by atoms with Crippen molar-refractivity contribution >= 4 is 104 Å². The summed E-state index contributed by atoms with van der Waals surface area (Å²) < 4.78 is 8.99.